The van der Waals surface area contributed by atoms with Crippen molar-refractivity contribution >= 4 is 27.8 Å². The van der Waals surface area contributed by atoms with Crippen molar-refractivity contribution in [2.24, 2.45) is 5.73 Å². The summed E-state index contributed by atoms with van der Waals surface area (Å²) >= 11 is 3.38. The molecular weight excluding hydrogens is 418 g/mol. The quantitative estimate of drug-likeness (QED) is 0.605. The van der Waals surface area contributed by atoms with Crippen molar-refractivity contribution in [3.05, 3.63) is 52.0 Å². The van der Waals surface area contributed by atoms with Gasteiger partial charge in [0.2, 0.25) is 0 Å². The number of carbonyl (C=O) groups excluding carboxylic acids is 2. The van der Waals surface area contributed by atoms with E-state index in [0.29, 0.717) is 39.5 Å². The summed E-state index contributed by atoms with van der Waals surface area (Å²) in [5, 5.41) is 0. The molecule has 144 valence electrons. The third-order valence-corrected chi connectivity index (χ3v) is 3.99. The lowest BCUT2D eigenvalue weighted by Crippen LogP contribution is -2.20. The van der Waals surface area contributed by atoms with Gasteiger partial charge in [-0.2, -0.15) is 0 Å². The zero-order chi connectivity index (χ0) is 19.8. The van der Waals surface area contributed by atoms with Crippen LogP contribution in [-0.2, 0) is 16.1 Å². The molecule has 0 spiro atoms. The Morgan fingerprint density at radius 2 is 1.93 bits per heavy atom. The first-order chi connectivity index (χ1) is 12.9. The van der Waals surface area contributed by atoms with Crippen LogP contribution in [0.4, 0.5) is 0 Å². The van der Waals surface area contributed by atoms with Crippen molar-refractivity contribution in [2.75, 3.05) is 20.3 Å². The molecule has 1 amide bonds. The second kappa shape index (κ2) is 9.82. The summed E-state index contributed by atoms with van der Waals surface area (Å²) in [7, 11) is 1.50. The van der Waals surface area contributed by atoms with Crippen molar-refractivity contribution < 1.29 is 28.5 Å². The van der Waals surface area contributed by atoms with E-state index in [4.69, 9.17) is 24.7 Å². The molecule has 0 saturated carbocycles. The molecule has 0 radical (unpaired) electrons. The smallest absolute Gasteiger partial charge is 0.338 e. The second-order valence-corrected chi connectivity index (χ2v) is 6.26. The summed E-state index contributed by atoms with van der Waals surface area (Å²) in [6.45, 7) is 2.14. The van der Waals surface area contributed by atoms with Gasteiger partial charge in [0, 0.05) is 0 Å². The van der Waals surface area contributed by atoms with E-state index >= 15 is 0 Å². The SMILES string of the molecule is CCOc1c(Br)cc(C(=O)OCc2cccc(OCC(N)=O)c2)cc1OC. The number of esters is 1. The van der Waals surface area contributed by atoms with Crippen LogP contribution in [0.15, 0.2) is 40.9 Å². The van der Waals surface area contributed by atoms with Crippen LogP contribution in [0, 0.1) is 0 Å². The predicted molar refractivity (Wildman–Crippen MR) is 102 cm³/mol. The lowest BCUT2D eigenvalue weighted by molar-refractivity contribution is -0.119. The number of rotatable bonds is 9. The Hall–Kier alpha value is -2.74. The molecule has 0 heterocycles. The molecule has 27 heavy (non-hydrogen) atoms. The fourth-order valence-electron chi connectivity index (χ4n) is 2.23. The summed E-state index contributed by atoms with van der Waals surface area (Å²) in [5.41, 5.74) is 6.08. The molecule has 0 saturated heterocycles. The van der Waals surface area contributed by atoms with Gasteiger partial charge in [-0.05, 0) is 52.7 Å². The summed E-state index contributed by atoms with van der Waals surface area (Å²) in [5.74, 6) is 0.339. The van der Waals surface area contributed by atoms with E-state index in [-0.39, 0.29) is 13.2 Å². The lowest BCUT2D eigenvalue weighted by Gasteiger charge is -2.13. The molecule has 0 aliphatic carbocycles. The summed E-state index contributed by atoms with van der Waals surface area (Å²) < 4.78 is 22.0. The van der Waals surface area contributed by atoms with Crippen LogP contribution in [0.3, 0.4) is 0 Å². The largest absolute Gasteiger partial charge is 0.493 e. The van der Waals surface area contributed by atoms with Crippen LogP contribution < -0.4 is 19.9 Å². The molecule has 0 aliphatic heterocycles. The van der Waals surface area contributed by atoms with Crippen LogP contribution >= 0.6 is 15.9 Å². The average Bonchev–Trinajstić information content (AvgIpc) is 2.66. The highest BCUT2D eigenvalue weighted by molar-refractivity contribution is 9.10. The highest BCUT2D eigenvalue weighted by Gasteiger charge is 2.16. The minimum atomic E-state index is -0.568. The van der Waals surface area contributed by atoms with E-state index in [2.05, 4.69) is 15.9 Å². The summed E-state index contributed by atoms with van der Waals surface area (Å²) in [4.78, 5) is 23.2. The lowest BCUT2D eigenvalue weighted by atomic mass is 10.2. The van der Waals surface area contributed by atoms with Crippen molar-refractivity contribution in [2.45, 2.75) is 13.5 Å². The van der Waals surface area contributed by atoms with Gasteiger partial charge in [-0.3, -0.25) is 4.79 Å². The summed E-state index contributed by atoms with van der Waals surface area (Å²) in [6, 6.07) is 10.0. The fourth-order valence-corrected chi connectivity index (χ4v) is 2.79. The topological polar surface area (TPSA) is 97.1 Å². The molecule has 2 aromatic rings. The molecule has 0 fully saturated rings. The highest BCUT2D eigenvalue weighted by atomic mass is 79.9. The summed E-state index contributed by atoms with van der Waals surface area (Å²) in [6.07, 6.45) is 0. The number of hydrogen-bond acceptors (Lipinski definition) is 6. The monoisotopic (exact) mass is 437 g/mol. The van der Waals surface area contributed by atoms with Crippen molar-refractivity contribution in [3.63, 3.8) is 0 Å². The van der Waals surface area contributed by atoms with Crippen LogP contribution in [0.25, 0.3) is 0 Å². The van der Waals surface area contributed by atoms with Crippen molar-refractivity contribution in [3.8, 4) is 17.2 Å². The first kappa shape index (κ1) is 20.6. The van der Waals surface area contributed by atoms with Crippen LogP contribution in [0.5, 0.6) is 17.2 Å². The molecule has 2 rings (SSSR count). The maximum atomic E-state index is 12.4. The molecular formula is C19H20BrNO6. The second-order valence-electron chi connectivity index (χ2n) is 5.40. The van der Waals surface area contributed by atoms with E-state index in [9.17, 15) is 9.59 Å². The standard InChI is InChI=1S/C19H20BrNO6/c1-3-25-18-15(20)8-13(9-16(18)24-2)19(23)27-10-12-5-4-6-14(7-12)26-11-17(21)22/h4-9H,3,10-11H2,1-2H3,(H2,21,22). The predicted octanol–water partition coefficient (Wildman–Crippen LogP) is 3.08. The van der Waals surface area contributed by atoms with Crippen LogP contribution in [0.1, 0.15) is 22.8 Å². The number of carbonyl (C=O) groups is 2. The zero-order valence-electron chi connectivity index (χ0n) is 15.0. The third kappa shape index (κ3) is 5.89. The van der Waals surface area contributed by atoms with Gasteiger partial charge in [0.05, 0.1) is 23.8 Å². The van der Waals surface area contributed by atoms with E-state index in [1.165, 1.54) is 7.11 Å². The van der Waals surface area contributed by atoms with E-state index in [0.717, 1.165) is 0 Å². The Kier molecular flexibility index (Phi) is 7.48. The Balaban J connectivity index is 2.06. The van der Waals surface area contributed by atoms with Crippen LogP contribution in [0.2, 0.25) is 0 Å². The van der Waals surface area contributed by atoms with Crippen molar-refractivity contribution in [1.82, 2.24) is 0 Å². The normalized spacial score (nSPS) is 10.2. The first-order valence-electron chi connectivity index (χ1n) is 8.12. The Bertz CT molecular complexity index is 824. The van der Waals surface area contributed by atoms with Gasteiger partial charge < -0.3 is 24.7 Å². The van der Waals surface area contributed by atoms with Gasteiger partial charge in [-0.15, -0.1) is 0 Å². The molecule has 8 heteroatoms. The first-order valence-corrected chi connectivity index (χ1v) is 8.91. The number of benzene rings is 2. The fraction of sp³-hybridized carbons (Fsp3) is 0.263. The van der Waals surface area contributed by atoms with E-state index in [1.54, 1.807) is 36.4 Å². The Morgan fingerprint density at radius 1 is 1.15 bits per heavy atom. The number of primary amides is 1. The average molecular weight is 438 g/mol. The minimum absolute atomic E-state index is 0.0414. The van der Waals surface area contributed by atoms with Crippen molar-refractivity contribution in [1.29, 1.82) is 0 Å². The number of nitrogens with two attached hydrogens (primary N) is 1. The third-order valence-electron chi connectivity index (χ3n) is 3.40. The van der Waals surface area contributed by atoms with Gasteiger partial charge in [0.25, 0.3) is 5.91 Å². The number of ether oxygens (including phenoxy) is 4. The maximum absolute atomic E-state index is 12.4. The molecule has 0 aromatic heterocycles. The minimum Gasteiger partial charge on any atom is -0.493 e. The Labute approximate surface area is 165 Å². The molecule has 0 bridgehead atoms. The molecule has 2 N–H and O–H groups in total. The van der Waals surface area contributed by atoms with Gasteiger partial charge in [0.1, 0.15) is 12.4 Å². The zero-order valence-corrected chi connectivity index (χ0v) is 16.6. The van der Waals surface area contributed by atoms with Gasteiger partial charge >= 0.3 is 5.97 Å². The van der Waals surface area contributed by atoms with E-state index < -0.39 is 11.9 Å². The molecule has 0 atom stereocenters. The highest BCUT2D eigenvalue weighted by Crippen LogP contribution is 2.36. The number of hydrogen-bond donors (Lipinski definition) is 1. The molecule has 7 nitrogen and oxygen atoms in total. The molecule has 0 unspecified atom stereocenters. The van der Waals surface area contributed by atoms with E-state index in [1.807, 2.05) is 6.92 Å². The van der Waals surface area contributed by atoms with Crippen LogP contribution in [-0.4, -0.2) is 32.2 Å². The Morgan fingerprint density at radius 3 is 2.59 bits per heavy atom. The molecule has 0 aliphatic rings. The van der Waals surface area contributed by atoms with Gasteiger partial charge in [-0.25, -0.2) is 4.79 Å². The van der Waals surface area contributed by atoms with Gasteiger partial charge in [0.15, 0.2) is 18.1 Å². The molecule has 2 aromatic carbocycles. The number of amides is 1. The maximum Gasteiger partial charge on any atom is 0.338 e. The number of halogens is 1. The number of methoxy groups -OCH3 is 1. The van der Waals surface area contributed by atoms with Gasteiger partial charge in [-0.1, -0.05) is 12.1 Å².